The first-order valence-electron chi connectivity index (χ1n) is 9.00. The molecule has 2 aromatic carbocycles. The first-order valence-corrected chi connectivity index (χ1v) is 9.00. The molecule has 0 aliphatic rings. The molecule has 0 fully saturated rings. The van der Waals surface area contributed by atoms with Gasteiger partial charge in [-0.1, -0.05) is 36.4 Å². The average Bonchev–Trinajstić information content (AvgIpc) is 3.17. The van der Waals surface area contributed by atoms with Crippen LogP contribution >= 0.6 is 0 Å². The van der Waals surface area contributed by atoms with Gasteiger partial charge < -0.3 is 4.57 Å². The Hall–Kier alpha value is -3.67. The van der Waals surface area contributed by atoms with Crippen molar-refractivity contribution in [2.75, 3.05) is 0 Å². The summed E-state index contributed by atoms with van der Waals surface area (Å²) in [5.74, 6) is -0.333. The number of aromatic nitrogens is 5. The van der Waals surface area contributed by atoms with Crippen LogP contribution in [0.2, 0.25) is 0 Å². The first-order chi connectivity index (χ1) is 13.7. The lowest BCUT2D eigenvalue weighted by molar-refractivity contribution is 0.616. The number of fused-ring (bicyclic) bond motifs is 2. The van der Waals surface area contributed by atoms with Crippen LogP contribution in [-0.4, -0.2) is 24.5 Å². The molecule has 6 heteroatoms. The van der Waals surface area contributed by atoms with Gasteiger partial charge in [-0.25, -0.2) is 19.3 Å². The molecule has 5 nitrogen and oxygen atoms in total. The Labute approximate surface area is 160 Å². The van der Waals surface area contributed by atoms with Crippen LogP contribution < -0.4 is 0 Å². The van der Waals surface area contributed by atoms with Crippen LogP contribution in [-0.2, 0) is 0 Å². The minimum Gasteiger partial charge on any atom is -0.307 e. The highest BCUT2D eigenvalue weighted by molar-refractivity contribution is 5.80. The van der Waals surface area contributed by atoms with E-state index in [2.05, 4.69) is 15.0 Å². The van der Waals surface area contributed by atoms with Gasteiger partial charge in [0, 0.05) is 17.1 Å². The zero-order valence-corrected chi connectivity index (χ0v) is 15.1. The van der Waals surface area contributed by atoms with Gasteiger partial charge in [-0.15, -0.1) is 0 Å². The maximum absolute atomic E-state index is 14.5. The Morgan fingerprint density at radius 2 is 1.82 bits per heavy atom. The molecular weight excluding hydrogens is 353 g/mol. The van der Waals surface area contributed by atoms with Crippen LogP contribution in [0.1, 0.15) is 18.5 Å². The second-order valence-corrected chi connectivity index (χ2v) is 6.67. The molecule has 5 aromatic rings. The standard InChI is InChI=1S/C22H16FN5/c1-14(17-10-16-8-5-9-24-20(16)18(23)11-17)28-13-26-21-22(28)27-19(12-25-21)15-6-3-2-4-7-15/h2-14H,1H3. The molecule has 0 saturated heterocycles. The van der Waals surface area contributed by atoms with Gasteiger partial charge in [-0.3, -0.25) is 4.98 Å². The lowest BCUT2D eigenvalue weighted by Gasteiger charge is -2.15. The van der Waals surface area contributed by atoms with E-state index in [1.54, 1.807) is 24.8 Å². The Morgan fingerprint density at radius 1 is 0.964 bits per heavy atom. The van der Waals surface area contributed by atoms with E-state index >= 15 is 0 Å². The van der Waals surface area contributed by atoms with Gasteiger partial charge in [-0.2, -0.15) is 0 Å². The molecule has 3 aromatic heterocycles. The van der Waals surface area contributed by atoms with Gasteiger partial charge in [0.1, 0.15) is 11.3 Å². The van der Waals surface area contributed by atoms with Crippen LogP contribution in [0.25, 0.3) is 33.5 Å². The Bertz CT molecular complexity index is 1300. The lowest BCUT2D eigenvalue weighted by Crippen LogP contribution is -2.07. The van der Waals surface area contributed by atoms with E-state index < -0.39 is 0 Å². The highest BCUT2D eigenvalue weighted by atomic mass is 19.1. The molecule has 0 N–H and O–H groups in total. The summed E-state index contributed by atoms with van der Waals surface area (Å²) in [6, 6.07) is 16.9. The van der Waals surface area contributed by atoms with Crippen molar-refractivity contribution in [2.24, 2.45) is 0 Å². The average molecular weight is 369 g/mol. The minimum absolute atomic E-state index is 0.163. The van der Waals surface area contributed by atoms with E-state index in [1.807, 2.05) is 54.0 Å². The topological polar surface area (TPSA) is 56.5 Å². The molecule has 0 amide bonds. The Balaban J connectivity index is 1.63. The molecule has 28 heavy (non-hydrogen) atoms. The van der Waals surface area contributed by atoms with Crippen molar-refractivity contribution < 1.29 is 4.39 Å². The van der Waals surface area contributed by atoms with Crippen LogP contribution in [0, 0.1) is 5.82 Å². The Kier molecular flexibility index (Phi) is 3.83. The third kappa shape index (κ3) is 2.70. The molecule has 136 valence electrons. The summed E-state index contributed by atoms with van der Waals surface area (Å²) in [4.78, 5) is 17.7. The molecule has 0 aliphatic carbocycles. The normalized spacial score (nSPS) is 12.5. The van der Waals surface area contributed by atoms with Gasteiger partial charge in [0.2, 0.25) is 0 Å². The van der Waals surface area contributed by atoms with Crippen molar-refractivity contribution in [1.82, 2.24) is 24.5 Å². The smallest absolute Gasteiger partial charge is 0.197 e. The molecule has 0 saturated carbocycles. The summed E-state index contributed by atoms with van der Waals surface area (Å²) in [6.45, 7) is 2.00. The van der Waals surface area contributed by atoms with Gasteiger partial charge in [0.05, 0.1) is 24.3 Å². The van der Waals surface area contributed by atoms with Crippen LogP contribution in [0.5, 0.6) is 0 Å². The maximum atomic E-state index is 14.5. The molecule has 0 bridgehead atoms. The molecule has 5 rings (SSSR count). The van der Waals surface area contributed by atoms with Crippen molar-refractivity contribution >= 4 is 22.2 Å². The van der Waals surface area contributed by atoms with E-state index in [0.717, 1.165) is 22.2 Å². The van der Waals surface area contributed by atoms with E-state index in [0.29, 0.717) is 16.8 Å². The number of halogens is 1. The third-order valence-electron chi connectivity index (χ3n) is 4.93. The molecule has 1 unspecified atom stereocenters. The summed E-state index contributed by atoms with van der Waals surface area (Å²) in [7, 11) is 0. The van der Waals surface area contributed by atoms with E-state index in [4.69, 9.17) is 4.98 Å². The van der Waals surface area contributed by atoms with Crippen molar-refractivity contribution in [3.8, 4) is 11.3 Å². The summed E-state index contributed by atoms with van der Waals surface area (Å²) in [5.41, 5.74) is 4.19. The quantitative estimate of drug-likeness (QED) is 0.459. The fraction of sp³-hybridized carbons (Fsp3) is 0.0909. The molecule has 0 aliphatic heterocycles. The summed E-state index contributed by atoms with van der Waals surface area (Å²) in [5, 5.41) is 0.768. The molecule has 0 spiro atoms. The molecule has 0 radical (unpaired) electrons. The zero-order valence-electron chi connectivity index (χ0n) is 15.1. The predicted octanol–water partition coefficient (Wildman–Crippen LogP) is 4.79. The van der Waals surface area contributed by atoms with Crippen molar-refractivity contribution in [3.05, 3.63) is 84.7 Å². The van der Waals surface area contributed by atoms with Gasteiger partial charge in [0.15, 0.2) is 11.3 Å². The number of nitrogens with zero attached hydrogens (tertiary/aromatic N) is 5. The van der Waals surface area contributed by atoms with E-state index in [1.165, 1.54) is 6.07 Å². The lowest BCUT2D eigenvalue weighted by atomic mass is 10.0. The second kappa shape index (κ2) is 6.49. The molecular formula is C22H16FN5. The maximum Gasteiger partial charge on any atom is 0.197 e. The molecule has 3 heterocycles. The Morgan fingerprint density at radius 3 is 2.68 bits per heavy atom. The summed E-state index contributed by atoms with van der Waals surface area (Å²) < 4.78 is 16.5. The zero-order chi connectivity index (χ0) is 19.1. The fourth-order valence-electron chi connectivity index (χ4n) is 3.41. The largest absolute Gasteiger partial charge is 0.307 e. The van der Waals surface area contributed by atoms with Crippen LogP contribution in [0.15, 0.2) is 73.3 Å². The van der Waals surface area contributed by atoms with Gasteiger partial charge in [0.25, 0.3) is 0 Å². The SMILES string of the molecule is CC(c1cc(F)c2ncccc2c1)n1cnc2ncc(-c3ccccc3)nc21. The van der Waals surface area contributed by atoms with Crippen molar-refractivity contribution in [2.45, 2.75) is 13.0 Å². The van der Waals surface area contributed by atoms with E-state index in [-0.39, 0.29) is 11.9 Å². The second-order valence-electron chi connectivity index (χ2n) is 6.67. The van der Waals surface area contributed by atoms with Gasteiger partial charge >= 0.3 is 0 Å². The molecule has 1 atom stereocenters. The predicted molar refractivity (Wildman–Crippen MR) is 106 cm³/mol. The van der Waals surface area contributed by atoms with Crippen LogP contribution in [0.3, 0.4) is 0 Å². The van der Waals surface area contributed by atoms with Crippen molar-refractivity contribution in [1.29, 1.82) is 0 Å². The minimum atomic E-state index is -0.333. The van der Waals surface area contributed by atoms with E-state index in [9.17, 15) is 4.39 Å². The highest BCUT2D eigenvalue weighted by Crippen LogP contribution is 2.27. The number of hydrogen-bond donors (Lipinski definition) is 0. The van der Waals surface area contributed by atoms with Crippen LogP contribution in [0.4, 0.5) is 4.39 Å². The number of hydrogen-bond acceptors (Lipinski definition) is 4. The number of imidazole rings is 1. The highest BCUT2D eigenvalue weighted by Gasteiger charge is 2.16. The van der Waals surface area contributed by atoms with Crippen molar-refractivity contribution in [3.63, 3.8) is 0 Å². The van der Waals surface area contributed by atoms with Gasteiger partial charge in [-0.05, 0) is 30.7 Å². The number of rotatable bonds is 3. The number of pyridine rings is 1. The number of benzene rings is 2. The monoisotopic (exact) mass is 369 g/mol. The fourth-order valence-corrected chi connectivity index (χ4v) is 3.41. The third-order valence-corrected chi connectivity index (χ3v) is 4.93. The first kappa shape index (κ1) is 16.5. The summed E-state index contributed by atoms with van der Waals surface area (Å²) >= 11 is 0. The summed E-state index contributed by atoms with van der Waals surface area (Å²) in [6.07, 6.45) is 5.02.